The van der Waals surface area contributed by atoms with Crippen LogP contribution in [0.25, 0.3) is 0 Å². The Bertz CT molecular complexity index is 406. The Morgan fingerprint density at radius 2 is 2.31 bits per heavy atom. The number of hydrogen-bond donors (Lipinski definition) is 2. The predicted octanol–water partition coefficient (Wildman–Crippen LogP) is 2.72. The van der Waals surface area contributed by atoms with Gasteiger partial charge in [0.1, 0.15) is 6.04 Å². The van der Waals surface area contributed by atoms with E-state index in [0.29, 0.717) is 5.02 Å². The maximum absolute atomic E-state index is 11.7. The molecule has 1 amide bonds. The van der Waals surface area contributed by atoms with Gasteiger partial charge in [-0.25, -0.2) is 0 Å². The third-order valence-electron chi connectivity index (χ3n) is 2.74. The fourth-order valence-electron chi connectivity index (χ4n) is 1.89. The summed E-state index contributed by atoms with van der Waals surface area (Å²) >= 11 is 6.11. The molecule has 0 spiro atoms. The lowest BCUT2D eigenvalue weighted by Gasteiger charge is -2.11. The number of amides is 1. The van der Waals surface area contributed by atoms with Crippen molar-refractivity contribution >= 4 is 23.2 Å². The predicted molar refractivity (Wildman–Crippen MR) is 65.7 cm³/mol. The fraction of sp³-hybridized carbons (Fsp3) is 0.417. The van der Waals surface area contributed by atoms with Crippen molar-refractivity contribution < 1.29 is 4.79 Å². The summed E-state index contributed by atoms with van der Waals surface area (Å²) in [4.78, 5) is 11.7. The highest BCUT2D eigenvalue weighted by atomic mass is 35.5. The van der Waals surface area contributed by atoms with Crippen molar-refractivity contribution in [2.75, 3.05) is 11.9 Å². The molecule has 1 heterocycles. The van der Waals surface area contributed by atoms with E-state index in [9.17, 15) is 4.79 Å². The second-order valence-electron chi connectivity index (χ2n) is 3.93. The number of nitrogens with one attached hydrogen (secondary N) is 2. The first kappa shape index (κ1) is 11.4. The summed E-state index contributed by atoms with van der Waals surface area (Å²) in [7, 11) is 0. The first-order valence-corrected chi connectivity index (χ1v) is 5.94. The van der Waals surface area contributed by atoms with Gasteiger partial charge in [-0.1, -0.05) is 31.0 Å². The molecule has 0 radical (unpaired) electrons. The van der Waals surface area contributed by atoms with Gasteiger partial charge in [-0.2, -0.15) is 0 Å². The molecule has 0 bridgehead atoms. The largest absolute Gasteiger partial charge is 0.324 e. The maximum Gasteiger partial charge on any atom is 0.246 e. The second-order valence-corrected chi connectivity index (χ2v) is 4.34. The summed E-state index contributed by atoms with van der Waals surface area (Å²) in [6.45, 7) is 2.95. The Morgan fingerprint density at radius 1 is 1.50 bits per heavy atom. The van der Waals surface area contributed by atoms with Crippen LogP contribution in [0.1, 0.15) is 31.4 Å². The molecule has 1 aliphatic heterocycles. The zero-order valence-electron chi connectivity index (χ0n) is 9.22. The first-order chi connectivity index (χ1) is 7.74. The summed E-state index contributed by atoms with van der Waals surface area (Å²) in [6.07, 6.45) is 2.17. The third kappa shape index (κ3) is 2.06. The van der Waals surface area contributed by atoms with Gasteiger partial charge >= 0.3 is 0 Å². The number of anilines is 1. The molecule has 0 saturated heterocycles. The van der Waals surface area contributed by atoms with Gasteiger partial charge in [-0.05, 0) is 25.1 Å². The van der Waals surface area contributed by atoms with Crippen molar-refractivity contribution in [1.29, 1.82) is 0 Å². The van der Waals surface area contributed by atoms with E-state index >= 15 is 0 Å². The number of hydrogen-bond acceptors (Lipinski definition) is 2. The Morgan fingerprint density at radius 3 is 3.06 bits per heavy atom. The molecular formula is C12H15ClN2O. The number of halogens is 1. The fourth-order valence-corrected chi connectivity index (χ4v) is 2.18. The molecule has 16 heavy (non-hydrogen) atoms. The second kappa shape index (κ2) is 4.85. The lowest BCUT2D eigenvalue weighted by Crippen LogP contribution is -2.28. The maximum atomic E-state index is 11.7. The van der Waals surface area contributed by atoms with Crippen LogP contribution in [-0.2, 0) is 4.79 Å². The first-order valence-electron chi connectivity index (χ1n) is 5.56. The van der Waals surface area contributed by atoms with E-state index in [1.54, 1.807) is 0 Å². The quantitative estimate of drug-likeness (QED) is 0.792. The van der Waals surface area contributed by atoms with Gasteiger partial charge in [0.05, 0.1) is 0 Å². The highest BCUT2D eigenvalue weighted by Crippen LogP contribution is 2.36. The zero-order chi connectivity index (χ0) is 11.5. The summed E-state index contributed by atoms with van der Waals surface area (Å²) < 4.78 is 0. The van der Waals surface area contributed by atoms with Gasteiger partial charge in [0.25, 0.3) is 0 Å². The van der Waals surface area contributed by atoms with Gasteiger partial charge in [0.2, 0.25) is 5.91 Å². The van der Waals surface area contributed by atoms with E-state index in [2.05, 4.69) is 17.6 Å². The summed E-state index contributed by atoms with van der Waals surface area (Å²) in [5, 5.41) is 6.71. The van der Waals surface area contributed by atoms with Crippen molar-refractivity contribution in [3.05, 3.63) is 28.8 Å². The smallest absolute Gasteiger partial charge is 0.246 e. The molecule has 86 valence electrons. The van der Waals surface area contributed by atoms with Crippen LogP contribution in [0.3, 0.4) is 0 Å². The number of fused-ring (bicyclic) bond motifs is 1. The molecule has 0 fully saturated rings. The highest BCUT2D eigenvalue weighted by molar-refractivity contribution is 6.32. The van der Waals surface area contributed by atoms with Crippen LogP contribution in [0.4, 0.5) is 5.69 Å². The lowest BCUT2D eigenvalue weighted by atomic mass is 10.1. The van der Waals surface area contributed by atoms with Crippen LogP contribution in [0.2, 0.25) is 5.02 Å². The number of benzene rings is 1. The van der Waals surface area contributed by atoms with Gasteiger partial charge in [0.15, 0.2) is 0 Å². The number of unbranched alkanes of at least 4 members (excludes halogenated alkanes) is 1. The molecule has 0 aromatic heterocycles. The molecule has 4 heteroatoms. The Kier molecular flexibility index (Phi) is 3.46. The van der Waals surface area contributed by atoms with Gasteiger partial charge in [-0.15, -0.1) is 0 Å². The van der Waals surface area contributed by atoms with Crippen molar-refractivity contribution in [1.82, 2.24) is 5.32 Å². The van der Waals surface area contributed by atoms with Crippen LogP contribution in [0, 0.1) is 0 Å². The topological polar surface area (TPSA) is 41.1 Å². The van der Waals surface area contributed by atoms with E-state index in [-0.39, 0.29) is 11.9 Å². The van der Waals surface area contributed by atoms with Crippen LogP contribution < -0.4 is 10.6 Å². The van der Waals surface area contributed by atoms with Gasteiger partial charge < -0.3 is 10.6 Å². The molecule has 2 N–H and O–H groups in total. The summed E-state index contributed by atoms with van der Waals surface area (Å²) in [5.74, 6) is -0.0146. The van der Waals surface area contributed by atoms with Crippen molar-refractivity contribution in [2.45, 2.75) is 25.8 Å². The van der Waals surface area contributed by atoms with E-state index in [0.717, 1.165) is 30.6 Å². The van der Waals surface area contributed by atoms with Crippen LogP contribution in [-0.4, -0.2) is 12.5 Å². The van der Waals surface area contributed by atoms with Crippen LogP contribution in [0.5, 0.6) is 0 Å². The molecule has 1 aromatic carbocycles. The molecule has 1 unspecified atom stereocenters. The standard InChI is InChI=1S/C12H15ClN2O/c1-2-3-7-14-11-10-8(13)5-4-6-9(10)15-12(11)16/h4-6,11,14H,2-3,7H2,1H3,(H,15,16). The summed E-state index contributed by atoms with van der Waals surface area (Å²) in [6, 6.07) is 5.24. The molecule has 1 atom stereocenters. The molecule has 3 nitrogen and oxygen atoms in total. The molecule has 1 aliphatic rings. The molecule has 1 aromatic rings. The van der Waals surface area contributed by atoms with E-state index < -0.39 is 0 Å². The molecular weight excluding hydrogens is 224 g/mol. The lowest BCUT2D eigenvalue weighted by molar-refractivity contribution is -0.117. The van der Waals surface area contributed by atoms with E-state index in [4.69, 9.17) is 11.6 Å². The minimum absolute atomic E-state index is 0.0146. The number of carbonyl (C=O) groups excluding carboxylic acids is 1. The van der Waals surface area contributed by atoms with Crippen molar-refractivity contribution in [3.63, 3.8) is 0 Å². The highest BCUT2D eigenvalue weighted by Gasteiger charge is 2.31. The van der Waals surface area contributed by atoms with Crippen molar-refractivity contribution in [3.8, 4) is 0 Å². The SMILES string of the molecule is CCCCNC1C(=O)Nc2cccc(Cl)c21. The minimum Gasteiger partial charge on any atom is -0.324 e. The van der Waals surface area contributed by atoms with Crippen LogP contribution >= 0.6 is 11.6 Å². The average molecular weight is 239 g/mol. The van der Waals surface area contributed by atoms with E-state index in [1.807, 2.05) is 18.2 Å². The number of carbonyl (C=O) groups is 1. The Hall–Kier alpha value is -1.06. The Labute approximate surface area is 100 Å². The molecule has 0 saturated carbocycles. The zero-order valence-corrected chi connectivity index (χ0v) is 9.97. The minimum atomic E-state index is -0.296. The van der Waals surface area contributed by atoms with Crippen molar-refractivity contribution in [2.24, 2.45) is 0 Å². The van der Waals surface area contributed by atoms with Gasteiger partial charge in [0, 0.05) is 16.3 Å². The normalized spacial score (nSPS) is 18.4. The van der Waals surface area contributed by atoms with Crippen LogP contribution in [0.15, 0.2) is 18.2 Å². The summed E-state index contributed by atoms with van der Waals surface area (Å²) in [5.41, 5.74) is 1.71. The molecule has 0 aliphatic carbocycles. The third-order valence-corrected chi connectivity index (χ3v) is 3.07. The van der Waals surface area contributed by atoms with Gasteiger partial charge in [-0.3, -0.25) is 4.79 Å². The monoisotopic (exact) mass is 238 g/mol. The molecule has 2 rings (SSSR count). The Balaban J connectivity index is 2.18. The average Bonchev–Trinajstić information content (AvgIpc) is 2.57. The number of rotatable bonds is 4. The van der Waals surface area contributed by atoms with E-state index in [1.165, 1.54) is 0 Å².